The molecule has 100 valence electrons. The quantitative estimate of drug-likeness (QED) is 0.552. The van der Waals surface area contributed by atoms with Crippen molar-refractivity contribution < 1.29 is 19.9 Å². The van der Waals surface area contributed by atoms with Crippen molar-refractivity contribution in [2.45, 2.75) is 13.0 Å². The standard InChI is InChI=1S/C13H14N2O4/c1-8-11(9-5-3-2-4-6-9)12(17)13(18)15(8)7-10(16)14-19/h2-6,8,17,19H,7H2,1H3,(H,14,16). The Kier molecular flexibility index (Phi) is 3.52. The molecule has 0 spiro atoms. The highest BCUT2D eigenvalue weighted by Crippen LogP contribution is 2.31. The maximum absolute atomic E-state index is 11.9. The van der Waals surface area contributed by atoms with E-state index in [9.17, 15) is 14.7 Å². The van der Waals surface area contributed by atoms with Crippen molar-refractivity contribution in [1.82, 2.24) is 10.4 Å². The van der Waals surface area contributed by atoms with Gasteiger partial charge in [-0.1, -0.05) is 30.3 Å². The molecule has 19 heavy (non-hydrogen) atoms. The fourth-order valence-corrected chi connectivity index (χ4v) is 2.18. The summed E-state index contributed by atoms with van der Waals surface area (Å²) in [5.41, 5.74) is 2.68. The average molecular weight is 262 g/mol. The van der Waals surface area contributed by atoms with Crippen LogP contribution in [-0.2, 0) is 9.59 Å². The summed E-state index contributed by atoms with van der Waals surface area (Å²) in [5.74, 6) is -1.68. The van der Waals surface area contributed by atoms with Gasteiger partial charge in [0, 0.05) is 5.57 Å². The van der Waals surface area contributed by atoms with E-state index in [1.807, 2.05) is 6.07 Å². The summed E-state index contributed by atoms with van der Waals surface area (Å²) < 4.78 is 0. The van der Waals surface area contributed by atoms with Gasteiger partial charge in [0.05, 0.1) is 6.04 Å². The first-order chi connectivity index (χ1) is 9.06. The number of benzene rings is 1. The molecule has 2 amide bonds. The predicted molar refractivity (Wildman–Crippen MR) is 67.1 cm³/mol. The second kappa shape index (κ2) is 5.11. The molecule has 1 atom stereocenters. The smallest absolute Gasteiger partial charge is 0.290 e. The Hall–Kier alpha value is -2.34. The molecule has 3 N–H and O–H groups in total. The van der Waals surface area contributed by atoms with E-state index in [1.165, 1.54) is 10.4 Å². The summed E-state index contributed by atoms with van der Waals surface area (Å²) in [4.78, 5) is 24.3. The Morgan fingerprint density at radius 1 is 1.37 bits per heavy atom. The van der Waals surface area contributed by atoms with Gasteiger partial charge in [-0.05, 0) is 12.5 Å². The number of carbonyl (C=O) groups excluding carboxylic acids is 2. The highest BCUT2D eigenvalue weighted by molar-refractivity contribution is 6.06. The summed E-state index contributed by atoms with van der Waals surface area (Å²) in [5, 5.41) is 18.4. The van der Waals surface area contributed by atoms with Gasteiger partial charge in [-0.2, -0.15) is 0 Å². The van der Waals surface area contributed by atoms with Crippen LogP contribution in [0.2, 0.25) is 0 Å². The molecular weight excluding hydrogens is 248 g/mol. The molecule has 1 aliphatic rings. The van der Waals surface area contributed by atoms with Gasteiger partial charge in [0.15, 0.2) is 5.76 Å². The van der Waals surface area contributed by atoms with Gasteiger partial charge < -0.3 is 10.0 Å². The fraction of sp³-hybridized carbons (Fsp3) is 0.231. The Balaban J connectivity index is 2.31. The summed E-state index contributed by atoms with van der Waals surface area (Å²) in [6.07, 6.45) is 0. The van der Waals surface area contributed by atoms with Crippen molar-refractivity contribution in [2.24, 2.45) is 0 Å². The van der Waals surface area contributed by atoms with Gasteiger partial charge in [0.1, 0.15) is 6.54 Å². The minimum Gasteiger partial charge on any atom is -0.503 e. The SMILES string of the molecule is CC1C(c2ccccc2)=C(O)C(=O)N1CC(=O)NO. The number of aliphatic hydroxyl groups is 1. The molecule has 0 bridgehead atoms. The molecule has 1 heterocycles. The maximum atomic E-state index is 11.9. The van der Waals surface area contributed by atoms with Crippen LogP contribution in [0.25, 0.3) is 5.57 Å². The predicted octanol–water partition coefficient (Wildman–Crippen LogP) is 0.692. The van der Waals surface area contributed by atoms with E-state index >= 15 is 0 Å². The minimum absolute atomic E-state index is 0.309. The lowest BCUT2D eigenvalue weighted by atomic mass is 10.0. The van der Waals surface area contributed by atoms with Crippen LogP contribution in [0.1, 0.15) is 12.5 Å². The van der Waals surface area contributed by atoms with E-state index < -0.39 is 17.9 Å². The van der Waals surface area contributed by atoms with Crippen LogP contribution >= 0.6 is 0 Å². The van der Waals surface area contributed by atoms with Crippen LogP contribution in [-0.4, -0.2) is 39.6 Å². The topological polar surface area (TPSA) is 89.9 Å². The van der Waals surface area contributed by atoms with Crippen LogP contribution in [0.3, 0.4) is 0 Å². The van der Waals surface area contributed by atoms with Crippen molar-refractivity contribution in [2.75, 3.05) is 6.54 Å². The summed E-state index contributed by atoms with van der Waals surface area (Å²) in [6.45, 7) is 1.41. The molecule has 0 aromatic heterocycles. The third-order valence-electron chi connectivity index (χ3n) is 3.13. The van der Waals surface area contributed by atoms with Gasteiger partial charge in [-0.3, -0.25) is 14.8 Å². The second-order valence-corrected chi connectivity index (χ2v) is 4.27. The number of amides is 2. The number of aliphatic hydroxyl groups excluding tert-OH is 1. The number of hydroxylamine groups is 1. The largest absolute Gasteiger partial charge is 0.503 e. The third-order valence-corrected chi connectivity index (χ3v) is 3.13. The maximum Gasteiger partial charge on any atom is 0.290 e. The van der Waals surface area contributed by atoms with Crippen LogP contribution in [0.15, 0.2) is 36.1 Å². The first kappa shape index (κ1) is 13.1. The van der Waals surface area contributed by atoms with Crippen molar-refractivity contribution in [3.63, 3.8) is 0 Å². The molecule has 6 heteroatoms. The van der Waals surface area contributed by atoms with E-state index in [0.717, 1.165) is 5.56 Å². The van der Waals surface area contributed by atoms with Crippen LogP contribution < -0.4 is 5.48 Å². The molecule has 1 aromatic carbocycles. The Bertz CT molecular complexity index is 539. The van der Waals surface area contributed by atoms with Gasteiger partial charge >= 0.3 is 0 Å². The Morgan fingerprint density at radius 3 is 2.58 bits per heavy atom. The molecule has 6 nitrogen and oxygen atoms in total. The number of rotatable bonds is 3. The fourth-order valence-electron chi connectivity index (χ4n) is 2.18. The molecule has 0 fully saturated rings. The van der Waals surface area contributed by atoms with Gasteiger partial charge in [-0.15, -0.1) is 0 Å². The first-order valence-corrected chi connectivity index (χ1v) is 5.78. The number of nitrogens with zero attached hydrogens (tertiary/aromatic N) is 1. The van der Waals surface area contributed by atoms with Gasteiger partial charge in [0.25, 0.3) is 11.8 Å². The number of hydrogen-bond acceptors (Lipinski definition) is 4. The zero-order valence-corrected chi connectivity index (χ0v) is 10.3. The first-order valence-electron chi connectivity index (χ1n) is 5.78. The molecular formula is C13H14N2O4. The molecule has 0 radical (unpaired) electrons. The molecule has 1 aliphatic heterocycles. The van der Waals surface area contributed by atoms with Crippen molar-refractivity contribution in [1.29, 1.82) is 0 Å². The van der Waals surface area contributed by atoms with Crippen molar-refractivity contribution >= 4 is 17.4 Å². The summed E-state index contributed by atoms with van der Waals surface area (Å²) >= 11 is 0. The number of hydrogen-bond donors (Lipinski definition) is 3. The number of carbonyl (C=O) groups is 2. The van der Waals surface area contributed by atoms with Crippen molar-refractivity contribution in [3.8, 4) is 0 Å². The highest BCUT2D eigenvalue weighted by atomic mass is 16.5. The van der Waals surface area contributed by atoms with E-state index in [2.05, 4.69) is 0 Å². The molecule has 1 aromatic rings. The second-order valence-electron chi connectivity index (χ2n) is 4.27. The molecule has 0 aliphatic carbocycles. The van der Waals surface area contributed by atoms with E-state index in [1.54, 1.807) is 31.2 Å². The summed E-state index contributed by atoms with van der Waals surface area (Å²) in [7, 11) is 0. The summed E-state index contributed by atoms with van der Waals surface area (Å²) in [6, 6.07) is 8.56. The lowest BCUT2D eigenvalue weighted by Gasteiger charge is -2.22. The Labute approximate surface area is 109 Å². The molecule has 1 unspecified atom stereocenters. The third kappa shape index (κ3) is 2.30. The normalized spacial score (nSPS) is 18.9. The zero-order valence-electron chi connectivity index (χ0n) is 10.3. The monoisotopic (exact) mass is 262 g/mol. The lowest BCUT2D eigenvalue weighted by molar-refractivity contribution is -0.138. The van der Waals surface area contributed by atoms with Gasteiger partial charge in [-0.25, -0.2) is 5.48 Å². The van der Waals surface area contributed by atoms with E-state index in [4.69, 9.17) is 5.21 Å². The molecule has 2 rings (SSSR count). The Morgan fingerprint density at radius 2 is 2.00 bits per heavy atom. The highest BCUT2D eigenvalue weighted by Gasteiger charge is 2.38. The van der Waals surface area contributed by atoms with Crippen LogP contribution in [0, 0.1) is 0 Å². The minimum atomic E-state index is -0.706. The van der Waals surface area contributed by atoms with Crippen LogP contribution in [0.5, 0.6) is 0 Å². The van der Waals surface area contributed by atoms with Crippen molar-refractivity contribution in [3.05, 3.63) is 41.7 Å². The van der Waals surface area contributed by atoms with E-state index in [0.29, 0.717) is 5.57 Å². The zero-order chi connectivity index (χ0) is 14.0. The average Bonchev–Trinajstić information content (AvgIpc) is 2.63. The molecule has 0 saturated carbocycles. The van der Waals surface area contributed by atoms with Crippen LogP contribution in [0.4, 0.5) is 0 Å². The lowest BCUT2D eigenvalue weighted by Crippen LogP contribution is -2.41. The van der Waals surface area contributed by atoms with E-state index in [-0.39, 0.29) is 12.3 Å². The number of nitrogens with one attached hydrogen (secondary N) is 1. The molecule has 0 saturated heterocycles. The van der Waals surface area contributed by atoms with Gasteiger partial charge in [0.2, 0.25) is 0 Å².